The van der Waals surface area contributed by atoms with Crippen molar-refractivity contribution in [3.8, 4) is 11.1 Å². The van der Waals surface area contributed by atoms with Crippen LogP contribution in [0.1, 0.15) is 36.3 Å². The summed E-state index contributed by atoms with van der Waals surface area (Å²) in [5, 5.41) is 12.0. The van der Waals surface area contributed by atoms with Gasteiger partial charge in [-0.3, -0.25) is 4.79 Å². The van der Waals surface area contributed by atoms with Crippen molar-refractivity contribution in [2.75, 3.05) is 13.2 Å². The predicted octanol–water partition coefficient (Wildman–Crippen LogP) is 3.55. The third-order valence-corrected chi connectivity index (χ3v) is 6.16. The van der Waals surface area contributed by atoms with Crippen LogP contribution in [0, 0.1) is 0 Å². The average Bonchev–Trinajstić information content (AvgIpc) is 3.40. The number of likely N-dealkylation sites (tertiary alicyclic amines) is 1. The van der Waals surface area contributed by atoms with Gasteiger partial charge in [0.1, 0.15) is 18.7 Å². The molecule has 2 aromatic carbocycles. The van der Waals surface area contributed by atoms with E-state index in [4.69, 9.17) is 4.74 Å². The number of benzene rings is 2. The fourth-order valence-corrected chi connectivity index (χ4v) is 4.66. The number of hydrogen-bond donors (Lipinski definition) is 2. The van der Waals surface area contributed by atoms with Gasteiger partial charge < -0.3 is 20.1 Å². The van der Waals surface area contributed by atoms with Crippen LogP contribution in [-0.2, 0) is 14.3 Å². The normalized spacial score (nSPS) is 17.9. The fourth-order valence-electron chi connectivity index (χ4n) is 4.66. The Bertz CT molecular complexity index is 1000. The van der Waals surface area contributed by atoms with Crippen molar-refractivity contribution in [2.45, 2.75) is 37.3 Å². The molecule has 2 N–H and O–H groups in total. The number of alkyl carbamates (subject to hydrolysis) is 1. The van der Waals surface area contributed by atoms with E-state index >= 15 is 0 Å². The summed E-state index contributed by atoms with van der Waals surface area (Å²) in [4.78, 5) is 38.3. The van der Waals surface area contributed by atoms with Crippen LogP contribution >= 0.6 is 0 Å². The lowest BCUT2D eigenvalue weighted by atomic mass is 9.98. The third kappa shape index (κ3) is 4.10. The van der Waals surface area contributed by atoms with Gasteiger partial charge in [-0.05, 0) is 41.5 Å². The molecule has 7 nitrogen and oxygen atoms in total. The Morgan fingerprint density at radius 3 is 2.34 bits per heavy atom. The number of nitrogens with one attached hydrogen (secondary N) is 1. The standard InChI is InChI=1S/C25H26N2O5/c1-2-8-21(23(28)27-14-7-13-22(27)24(29)30)26-25(31)32-15-20-18-11-5-3-9-16(18)17-10-4-6-12-19(17)20/h2-6,9-12,20-22H,1,7-8,13-15H2,(H,26,31)(H,29,30)/t21?,22-/m0/s1. The summed E-state index contributed by atoms with van der Waals surface area (Å²) >= 11 is 0. The summed E-state index contributed by atoms with van der Waals surface area (Å²) in [6.45, 7) is 4.14. The van der Waals surface area contributed by atoms with Gasteiger partial charge in [0, 0.05) is 12.5 Å². The van der Waals surface area contributed by atoms with E-state index in [1.165, 1.54) is 11.0 Å². The molecule has 2 aliphatic rings. The van der Waals surface area contributed by atoms with E-state index < -0.39 is 30.1 Å². The summed E-state index contributed by atoms with van der Waals surface area (Å²) in [7, 11) is 0. The molecule has 0 spiro atoms. The lowest BCUT2D eigenvalue weighted by Crippen LogP contribution is -2.51. The second-order valence-electron chi connectivity index (χ2n) is 8.07. The molecule has 0 radical (unpaired) electrons. The van der Waals surface area contributed by atoms with Gasteiger partial charge in [0.2, 0.25) is 5.91 Å². The minimum Gasteiger partial charge on any atom is -0.480 e. The van der Waals surface area contributed by atoms with Crippen LogP contribution in [0.4, 0.5) is 4.79 Å². The van der Waals surface area contributed by atoms with Crippen molar-refractivity contribution >= 4 is 18.0 Å². The van der Waals surface area contributed by atoms with E-state index in [1.807, 2.05) is 36.4 Å². The summed E-state index contributed by atoms with van der Waals surface area (Å²) in [5.74, 6) is -1.55. The summed E-state index contributed by atoms with van der Waals surface area (Å²) in [6.07, 6.45) is 2.03. The van der Waals surface area contributed by atoms with Gasteiger partial charge in [0.15, 0.2) is 0 Å². The Morgan fingerprint density at radius 2 is 1.75 bits per heavy atom. The molecule has 166 valence electrons. The lowest BCUT2D eigenvalue weighted by Gasteiger charge is -2.26. The van der Waals surface area contributed by atoms with Gasteiger partial charge in [-0.1, -0.05) is 54.6 Å². The molecule has 0 aromatic heterocycles. The Morgan fingerprint density at radius 1 is 1.12 bits per heavy atom. The molecule has 7 heteroatoms. The number of amides is 2. The van der Waals surface area contributed by atoms with Crippen LogP contribution in [0.15, 0.2) is 61.2 Å². The highest BCUT2D eigenvalue weighted by Gasteiger charge is 2.37. The van der Waals surface area contributed by atoms with Gasteiger partial charge in [-0.25, -0.2) is 9.59 Å². The minimum atomic E-state index is -1.03. The number of nitrogens with zero attached hydrogens (tertiary/aromatic N) is 1. The maximum atomic E-state index is 12.9. The van der Waals surface area contributed by atoms with E-state index in [-0.39, 0.29) is 18.9 Å². The number of aliphatic carboxylic acids is 1. The van der Waals surface area contributed by atoms with Crippen LogP contribution in [0.3, 0.4) is 0 Å². The minimum absolute atomic E-state index is 0.0864. The summed E-state index contributed by atoms with van der Waals surface area (Å²) in [5.41, 5.74) is 4.46. The first-order valence-electron chi connectivity index (χ1n) is 10.8. The van der Waals surface area contributed by atoms with Crippen LogP contribution in [0.2, 0.25) is 0 Å². The second-order valence-corrected chi connectivity index (χ2v) is 8.07. The summed E-state index contributed by atoms with van der Waals surface area (Å²) in [6, 6.07) is 14.3. The number of carbonyl (C=O) groups is 3. The van der Waals surface area contributed by atoms with Gasteiger partial charge in [-0.2, -0.15) is 0 Å². The third-order valence-electron chi connectivity index (χ3n) is 6.16. The molecule has 1 fully saturated rings. The molecule has 1 unspecified atom stereocenters. The Labute approximate surface area is 186 Å². The van der Waals surface area contributed by atoms with E-state index in [1.54, 1.807) is 0 Å². The number of carbonyl (C=O) groups excluding carboxylic acids is 2. The number of fused-ring (bicyclic) bond motifs is 3. The average molecular weight is 434 g/mol. The highest BCUT2D eigenvalue weighted by atomic mass is 16.5. The molecule has 1 aliphatic carbocycles. The topological polar surface area (TPSA) is 95.9 Å². The van der Waals surface area contributed by atoms with Crippen molar-refractivity contribution < 1.29 is 24.2 Å². The largest absolute Gasteiger partial charge is 0.480 e. The molecular weight excluding hydrogens is 408 g/mol. The number of hydrogen-bond acceptors (Lipinski definition) is 4. The van der Waals surface area contributed by atoms with E-state index in [9.17, 15) is 19.5 Å². The predicted molar refractivity (Wildman–Crippen MR) is 119 cm³/mol. The van der Waals surface area contributed by atoms with E-state index in [2.05, 4.69) is 24.0 Å². The summed E-state index contributed by atoms with van der Waals surface area (Å²) < 4.78 is 5.53. The number of carboxylic acids is 1. The maximum Gasteiger partial charge on any atom is 0.407 e. The van der Waals surface area contributed by atoms with Crippen LogP contribution < -0.4 is 5.32 Å². The molecular formula is C25H26N2O5. The first kappa shape index (κ1) is 21.6. The second kappa shape index (κ2) is 9.26. The molecule has 1 heterocycles. The number of rotatable bonds is 7. The monoisotopic (exact) mass is 434 g/mol. The molecule has 1 saturated heterocycles. The van der Waals surface area contributed by atoms with Crippen LogP contribution in [0.5, 0.6) is 0 Å². The molecule has 32 heavy (non-hydrogen) atoms. The zero-order chi connectivity index (χ0) is 22.7. The molecule has 1 aliphatic heterocycles. The van der Waals surface area contributed by atoms with Crippen molar-refractivity contribution in [3.63, 3.8) is 0 Å². The molecule has 2 amide bonds. The number of ether oxygens (including phenoxy) is 1. The van der Waals surface area contributed by atoms with Crippen molar-refractivity contribution in [1.82, 2.24) is 10.2 Å². The van der Waals surface area contributed by atoms with Gasteiger partial charge >= 0.3 is 12.1 Å². The zero-order valence-corrected chi connectivity index (χ0v) is 17.7. The Balaban J connectivity index is 1.43. The first-order valence-corrected chi connectivity index (χ1v) is 10.8. The van der Waals surface area contributed by atoms with Gasteiger partial charge in [0.25, 0.3) is 0 Å². The highest BCUT2D eigenvalue weighted by Crippen LogP contribution is 2.44. The van der Waals surface area contributed by atoms with Gasteiger partial charge in [-0.15, -0.1) is 6.58 Å². The smallest absolute Gasteiger partial charge is 0.407 e. The number of carboxylic acid groups (broad SMARTS) is 1. The van der Waals surface area contributed by atoms with Crippen LogP contribution in [0.25, 0.3) is 11.1 Å². The Kier molecular flexibility index (Phi) is 6.25. The molecule has 0 saturated carbocycles. The molecule has 4 rings (SSSR count). The first-order chi connectivity index (χ1) is 15.5. The molecule has 2 aromatic rings. The SMILES string of the molecule is C=CCC(NC(=O)OCC1c2ccccc2-c2ccccc21)C(=O)N1CCC[C@H]1C(=O)O. The van der Waals surface area contributed by atoms with Gasteiger partial charge in [0.05, 0.1) is 0 Å². The van der Waals surface area contributed by atoms with Crippen molar-refractivity contribution in [3.05, 3.63) is 72.3 Å². The van der Waals surface area contributed by atoms with E-state index in [0.29, 0.717) is 19.4 Å². The quantitative estimate of drug-likeness (QED) is 0.650. The maximum absolute atomic E-state index is 12.9. The fraction of sp³-hybridized carbons (Fsp3) is 0.320. The van der Waals surface area contributed by atoms with Crippen LogP contribution in [-0.4, -0.2) is 53.2 Å². The molecule has 2 atom stereocenters. The highest BCUT2D eigenvalue weighted by molar-refractivity contribution is 5.90. The molecule has 0 bridgehead atoms. The Hall–Kier alpha value is -3.61. The zero-order valence-electron chi connectivity index (χ0n) is 17.7. The lowest BCUT2D eigenvalue weighted by molar-refractivity contribution is -0.148. The van der Waals surface area contributed by atoms with E-state index in [0.717, 1.165) is 22.3 Å². The van der Waals surface area contributed by atoms with Crippen molar-refractivity contribution in [1.29, 1.82) is 0 Å². The van der Waals surface area contributed by atoms with Crippen molar-refractivity contribution in [2.24, 2.45) is 0 Å².